The largest absolute Gasteiger partial charge is 0.311 e. The molecule has 2 unspecified atom stereocenters. The molecule has 1 aromatic rings. The van der Waals surface area contributed by atoms with Gasteiger partial charge in [-0.25, -0.2) is 0 Å². The van der Waals surface area contributed by atoms with Crippen molar-refractivity contribution in [2.45, 2.75) is 51.7 Å². The van der Waals surface area contributed by atoms with Gasteiger partial charge < -0.3 is 5.32 Å². The molecule has 4 nitrogen and oxygen atoms in total. The van der Waals surface area contributed by atoms with Crippen molar-refractivity contribution < 1.29 is 0 Å². The fourth-order valence-corrected chi connectivity index (χ4v) is 2.76. The van der Waals surface area contributed by atoms with Gasteiger partial charge >= 0.3 is 0 Å². The maximum Gasteiger partial charge on any atom is 0.0536 e. The number of piperazine rings is 1. The molecule has 0 aliphatic carbocycles. The van der Waals surface area contributed by atoms with Crippen LogP contribution in [0.15, 0.2) is 18.5 Å². The lowest BCUT2D eigenvalue weighted by atomic mass is 10.0. The van der Waals surface area contributed by atoms with Gasteiger partial charge in [-0.1, -0.05) is 20.3 Å². The fourth-order valence-electron chi connectivity index (χ4n) is 2.76. The predicted molar refractivity (Wildman–Crippen MR) is 74.6 cm³/mol. The Bertz CT molecular complexity index is 323. The third-order valence-electron chi connectivity index (χ3n) is 3.90. The first-order valence-electron chi connectivity index (χ1n) is 7.28. The molecule has 102 valence electrons. The molecule has 0 amide bonds. The summed E-state index contributed by atoms with van der Waals surface area (Å²) in [6.07, 6.45) is 7.69. The molecule has 0 radical (unpaired) electrons. The molecule has 2 atom stereocenters. The topological polar surface area (TPSA) is 33.1 Å². The number of aromatic nitrogens is 2. The molecule has 1 aromatic heterocycles. The highest BCUT2D eigenvalue weighted by Gasteiger charge is 2.25. The lowest BCUT2D eigenvalue weighted by Gasteiger charge is -2.40. The van der Waals surface area contributed by atoms with Crippen LogP contribution in [0.3, 0.4) is 0 Å². The minimum absolute atomic E-state index is 0.663. The zero-order valence-corrected chi connectivity index (χ0v) is 11.7. The van der Waals surface area contributed by atoms with Crippen LogP contribution in [0.4, 0.5) is 0 Å². The zero-order valence-electron chi connectivity index (χ0n) is 11.7. The van der Waals surface area contributed by atoms with E-state index in [1.807, 2.05) is 23.1 Å². The van der Waals surface area contributed by atoms with Gasteiger partial charge in [0, 0.05) is 44.1 Å². The van der Waals surface area contributed by atoms with Crippen LogP contribution in [0.2, 0.25) is 0 Å². The quantitative estimate of drug-likeness (QED) is 0.835. The van der Waals surface area contributed by atoms with Crippen LogP contribution in [-0.4, -0.2) is 46.4 Å². The summed E-state index contributed by atoms with van der Waals surface area (Å²) in [5.74, 6) is 0. The first-order valence-corrected chi connectivity index (χ1v) is 7.28. The minimum atomic E-state index is 0.663. The van der Waals surface area contributed by atoms with Crippen LogP contribution < -0.4 is 5.32 Å². The van der Waals surface area contributed by atoms with E-state index < -0.39 is 0 Å². The van der Waals surface area contributed by atoms with Crippen molar-refractivity contribution in [2.75, 3.05) is 19.6 Å². The maximum absolute atomic E-state index is 4.29. The highest BCUT2D eigenvalue weighted by atomic mass is 15.3. The fraction of sp³-hybridized carbons (Fsp3) is 0.786. The van der Waals surface area contributed by atoms with Gasteiger partial charge in [0.15, 0.2) is 0 Å². The molecule has 0 saturated carbocycles. The molecular formula is C14H26N4. The van der Waals surface area contributed by atoms with E-state index in [1.54, 1.807) is 0 Å². The third kappa shape index (κ3) is 3.56. The normalized spacial score (nSPS) is 25.4. The summed E-state index contributed by atoms with van der Waals surface area (Å²) in [7, 11) is 0. The lowest BCUT2D eigenvalue weighted by molar-refractivity contribution is 0.115. The van der Waals surface area contributed by atoms with E-state index in [4.69, 9.17) is 0 Å². The standard InChI is InChI=1S/C14H26N4/c1-3-6-14-11-15-13(4-2)12-17(14)9-10-18-8-5-7-16-18/h5,7-8,13-15H,3-4,6,9-12H2,1-2H3. The van der Waals surface area contributed by atoms with Gasteiger partial charge in [-0.05, 0) is 18.9 Å². The molecule has 18 heavy (non-hydrogen) atoms. The van der Waals surface area contributed by atoms with Crippen LogP contribution >= 0.6 is 0 Å². The molecule has 2 heterocycles. The summed E-state index contributed by atoms with van der Waals surface area (Å²) in [5, 5.41) is 7.95. The highest BCUT2D eigenvalue weighted by molar-refractivity contribution is 4.86. The molecule has 1 saturated heterocycles. The van der Waals surface area contributed by atoms with E-state index >= 15 is 0 Å². The van der Waals surface area contributed by atoms with Crippen LogP contribution in [0, 0.1) is 0 Å². The van der Waals surface area contributed by atoms with Gasteiger partial charge in [0.25, 0.3) is 0 Å². The smallest absolute Gasteiger partial charge is 0.0536 e. The lowest BCUT2D eigenvalue weighted by Crippen LogP contribution is -2.56. The van der Waals surface area contributed by atoms with E-state index in [0.29, 0.717) is 12.1 Å². The molecule has 4 heteroatoms. The molecule has 1 fully saturated rings. The van der Waals surface area contributed by atoms with Crippen molar-refractivity contribution in [2.24, 2.45) is 0 Å². The first-order chi connectivity index (χ1) is 8.83. The molecular weight excluding hydrogens is 224 g/mol. The van der Waals surface area contributed by atoms with Crippen molar-refractivity contribution >= 4 is 0 Å². The predicted octanol–water partition coefficient (Wildman–Crippen LogP) is 1.74. The monoisotopic (exact) mass is 250 g/mol. The van der Waals surface area contributed by atoms with Crippen molar-refractivity contribution in [1.29, 1.82) is 0 Å². The Hall–Kier alpha value is -0.870. The second-order valence-electron chi connectivity index (χ2n) is 5.22. The zero-order chi connectivity index (χ0) is 12.8. The van der Waals surface area contributed by atoms with E-state index in [-0.39, 0.29) is 0 Å². The Labute approximate surface area is 110 Å². The summed E-state index contributed by atoms with van der Waals surface area (Å²) >= 11 is 0. The summed E-state index contributed by atoms with van der Waals surface area (Å²) < 4.78 is 2.03. The second kappa shape index (κ2) is 6.90. The van der Waals surface area contributed by atoms with Gasteiger partial charge in [0.05, 0.1) is 6.54 Å². The first kappa shape index (κ1) is 13.6. The number of rotatable bonds is 6. The van der Waals surface area contributed by atoms with Crippen molar-refractivity contribution in [1.82, 2.24) is 20.0 Å². The van der Waals surface area contributed by atoms with E-state index in [2.05, 4.69) is 29.2 Å². The molecule has 1 aliphatic rings. The van der Waals surface area contributed by atoms with Crippen LogP contribution in [0.1, 0.15) is 33.1 Å². The number of hydrogen-bond donors (Lipinski definition) is 1. The maximum atomic E-state index is 4.29. The highest BCUT2D eigenvalue weighted by Crippen LogP contribution is 2.13. The SMILES string of the molecule is CCCC1CNC(CC)CN1CCn1cccn1. The summed E-state index contributed by atoms with van der Waals surface area (Å²) in [4.78, 5) is 2.65. The van der Waals surface area contributed by atoms with Crippen molar-refractivity contribution in [3.8, 4) is 0 Å². The van der Waals surface area contributed by atoms with Gasteiger partial charge in [-0.2, -0.15) is 5.10 Å². The van der Waals surface area contributed by atoms with Gasteiger partial charge in [0.1, 0.15) is 0 Å². The average molecular weight is 250 g/mol. The molecule has 0 bridgehead atoms. The summed E-state index contributed by atoms with van der Waals surface area (Å²) in [5.41, 5.74) is 0. The average Bonchev–Trinajstić information content (AvgIpc) is 2.91. The summed E-state index contributed by atoms with van der Waals surface area (Å²) in [6.45, 7) is 8.99. The van der Waals surface area contributed by atoms with Crippen LogP contribution in [0.5, 0.6) is 0 Å². The van der Waals surface area contributed by atoms with Crippen LogP contribution in [0.25, 0.3) is 0 Å². The number of hydrogen-bond acceptors (Lipinski definition) is 3. The second-order valence-corrected chi connectivity index (χ2v) is 5.22. The van der Waals surface area contributed by atoms with E-state index in [1.165, 1.54) is 25.8 Å². The Kier molecular flexibility index (Phi) is 5.20. The van der Waals surface area contributed by atoms with Crippen molar-refractivity contribution in [3.05, 3.63) is 18.5 Å². The Morgan fingerprint density at radius 3 is 2.89 bits per heavy atom. The number of nitrogens with zero attached hydrogens (tertiary/aromatic N) is 3. The van der Waals surface area contributed by atoms with Gasteiger partial charge in [-0.15, -0.1) is 0 Å². The van der Waals surface area contributed by atoms with Gasteiger partial charge in [0.2, 0.25) is 0 Å². The van der Waals surface area contributed by atoms with E-state index in [0.717, 1.165) is 19.6 Å². The molecule has 0 aromatic carbocycles. The summed E-state index contributed by atoms with van der Waals surface area (Å²) in [6, 6.07) is 3.36. The number of nitrogens with one attached hydrogen (secondary N) is 1. The third-order valence-corrected chi connectivity index (χ3v) is 3.90. The minimum Gasteiger partial charge on any atom is -0.311 e. The molecule has 2 rings (SSSR count). The Balaban J connectivity index is 1.87. The Morgan fingerprint density at radius 2 is 2.22 bits per heavy atom. The van der Waals surface area contributed by atoms with Gasteiger partial charge in [-0.3, -0.25) is 9.58 Å². The molecule has 1 N–H and O–H groups in total. The van der Waals surface area contributed by atoms with Crippen molar-refractivity contribution in [3.63, 3.8) is 0 Å². The van der Waals surface area contributed by atoms with E-state index in [9.17, 15) is 0 Å². The molecule has 1 aliphatic heterocycles. The Morgan fingerprint density at radius 1 is 1.33 bits per heavy atom. The molecule has 0 spiro atoms. The van der Waals surface area contributed by atoms with Crippen LogP contribution in [-0.2, 0) is 6.54 Å².